The van der Waals surface area contributed by atoms with Gasteiger partial charge in [-0.2, -0.15) is 5.10 Å². The van der Waals surface area contributed by atoms with Gasteiger partial charge in [-0.15, -0.1) is 0 Å². The van der Waals surface area contributed by atoms with E-state index in [1.54, 1.807) is 17.2 Å². The van der Waals surface area contributed by atoms with E-state index in [1.165, 1.54) is 11.9 Å². The number of carbonyl (C=O) groups is 1. The first kappa shape index (κ1) is 16.0. The van der Waals surface area contributed by atoms with Crippen LogP contribution in [-0.4, -0.2) is 30.6 Å². The standard InChI is InChI=1S/C19H18N6O/c1-13-4-5-16-15(10-22-17(16)7-13)8-18(26)23-9-14-3-2-6-21-19(14)25-12-20-11-24-25/h2-7,10-12,22H,8-9H2,1H3,(H,23,26). The van der Waals surface area contributed by atoms with Crippen LogP contribution in [0.2, 0.25) is 0 Å². The number of nitrogens with one attached hydrogen (secondary N) is 2. The minimum absolute atomic E-state index is 0.0418. The Morgan fingerprint density at radius 2 is 2.19 bits per heavy atom. The van der Waals surface area contributed by atoms with Gasteiger partial charge >= 0.3 is 0 Å². The minimum atomic E-state index is -0.0418. The van der Waals surface area contributed by atoms with Crippen LogP contribution in [0.3, 0.4) is 0 Å². The summed E-state index contributed by atoms with van der Waals surface area (Å²) in [7, 11) is 0. The number of pyridine rings is 1. The average Bonchev–Trinajstić information content (AvgIpc) is 3.30. The molecule has 2 N–H and O–H groups in total. The fourth-order valence-corrected chi connectivity index (χ4v) is 2.97. The fourth-order valence-electron chi connectivity index (χ4n) is 2.97. The van der Waals surface area contributed by atoms with E-state index in [-0.39, 0.29) is 5.91 Å². The van der Waals surface area contributed by atoms with Gasteiger partial charge in [-0.3, -0.25) is 4.79 Å². The first-order valence-corrected chi connectivity index (χ1v) is 8.33. The summed E-state index contributed by atoms with van der Waals surface area (Å²) in [6.45, 7) is 2.43. The lowest BCUT2D eigenvalue weighted by molar-refractivity contribution is -0.120. The number of hydrogen-bond donors (Lipinski definition) is 2. The molecule has 0 aliphatic rings. The average molecular weight is 346 g/mol. The second kappa shape index (κ2) is 6.79. The molecular weight excluding hydrogens is 328 g/mol. The highest BCUT2D eigenvalue weighted by Gasteiger charge is 2.11. The van der Waals surface area contributed by atoms with Crippen LogP contribution in [0.4, 0.5) is 0 Å². The number of H-pyrrole nitrogens is 1. The predicted molar refractivity (Wildman–Crippen MR) is 97.7 cm³/mol. The number of carbonyl (C=O) groups excluding carboxylic acids is 1. The lowest BCUT2D eigenvalue weighted by Gasteiger charge is -2.09. The zero-order chi connectivity index (χ0) is 17.9. The molecule has 4 aromatic rings. The van der Waals surface area contributed by atoms with Crippen molar-refractivity contribution in [1.29, 1.82) is 0 Å². The van der Waals surface area contributed by atoms with Crippen molar-refractivity contribution in [2.45, 2.75) is 19.9 Å². The van der Waals surface area contributed by atoms with Crippen LogP contribution in [-0.2, 0) is 17.8 Å². The first-order chi connectivity index (χ1) is 12.7. The van der Waals surface area contributed by atoms with Crippen LogP contribution >= 0.6 is 0 Å². The smallest absolute Gasteiger partial charge is 0.224 e. The highest BCUT2D eigenvalue weighted by atomic mass is 16.1. The molecule has 0 aliphatic carbocycles. The number of rotatable bonds is 5. The Morgan fingerprint density at radius 1 is 1.27 bits per heavy atom. The van der Waals surface area contributed by atoms with Crippen LogP contribution in [0.15, 0.2) is 55.4 Å². The Morgan fingerprint density at radius 3 is 3.04 bits per heavy atom. The van der Waals surface area contributed by atoms with Crippen molar-refractivity contribution in [2.75, 3.05) is 0 Å². The van der Waals surface area contributed by atoms with Crippen molar-refractivity contribution in [3.05, 3.63) is 72.1 Å². The Hall–Kier alpha value is -3.48. The molecule has 0 spiro atoms. The van der Waals surface area contributed by atoms with Gasteiger partial charge in [-0.1, -0.05) is 18.2 Å². The molecule has 0 fully saturated rings. The van der Waals surface area contributed by atoms with Gasteiger partial charge in [0, 0.05) is 35.4 Å². The molecule has 7 nitrogen and oxygen atoms in total. The highest BCUT2D eigenvalue weighted by molar-refractivity contribution is 5.89. The molecule has 4 rings (SSSR count). The van der Waals surface area contributed by atoms with Crippen molar-refractivity contribution < 1.29 is 4.79 Å². The zero-order valence-corrected chi connectivity index (χ0v) is 14.3. The first-order valence-electron chi connectivity index (χ1n) is 8.33. The Balaban J connectivity index is 1.46. The van der Waals surface area contributed by atoms with E-state index >= 15 is 0 Å². The largest absolute Gasteiger partial charge is 0.361 e. The van der Waals surface area contributed by atoms with E-state index in [4.69, 9.17) is 0 Å². The molecule has 130 valence electrons. The minimum Gasteiger partial charge on any atom is -0.361 e. The Bertz CT molecular complexity index is 1050. The molecule has 3 heterocycles. The molecule has 0 radical (unpaired) electrons. The maximum atomic E-state index is 12.4. The van der Waals surface area contributed by atoms with Gasteiger partial charge in [0.15, 0.2) is 5.82 Å². The number of fused-ring (bicyclic) bond motifs is 1. The predicted octanol–water partition coefficient (Wildman–Crippen LogP) is 2.31. The van der Waals surface area contributed by atoms with E-state index in [1.807, 2.05) is 31.3 Å². The summed E-state index contributed by atoms with van der Waals surface area (Å²) >= 11 is 0. The van der Waals surface area contributed by atoms with Crippen LogP contribution in [0.25, 0.3) is 16.7 Å². The second-order valence-corrected chi connectivity index (χ2v) is 6.14. The summed E-state index contributed by atoms with van der Waals surface area (Å²) in [5.41, 5.74) is 4.10. The number of amides is 1. The Labute approximate surface area is 150 Å². The summed E-state index contributed by atoms with van der Waals surface area (Å²) in [5.74, 6) is 0.618. The molecule has 7 heteroatoms. The lowest BCUT2D eigenvalue weighted by atomic mass is 10.1. The number of aryl methyl sites for hydroxylation is 1. The molecule has 0 saturated heterocycles. The van der Waals surface area contributed by atoms with Crippen LogP contribution < -0.4 is 5.32 Å². The normalized spacial score (nSPS) is 11.0. The van der Waals surface area contributed by atoms with Crippen molar-refractivity contribution in [1.82, 2.24) is 30.0 Å². The topological polar surface area (TPSA) is 88.5 Å². The molecule has 0 bridgehead atoms. The van der Waals surface area contributed by atoms with Crippen molar-refractivity contribution in [2.24, 2.45) is 0 Å². The fraction of sp³-hybridized carbons (Fsp3) is 0.158. The lowest BCUT2D eigenvalue weighted by Crippen LogP contribution is -2.25. The SMILES string of the molecule is Cc1ccc2c(CC(=O)NCc3cccnc3-n3cncn3)c[nH]c2c1. The highest BCUT2D eigenvalue weighted by Crippen LogP contribution is 2.20. The molecule has 0 unspecified atom stereocenters. The third kappa shape index (κ3) is 3.19. The third-order valence-electron chi connectivity index (χ3n) is 4.25. The number of benzene rings is 1. The van der Waals surface area contributed by atoms with E-state index < -0.39 is 0 Å². The molecule has 0 saturated carbocycles. The number of hydrogen-bond acceptors (Lipinski definition) is 4. The summed E-state index contributed by atoms with van der Waals surface area (Å²) in [4.78, 5) is 23.9. The maximum absolute atomic E-state index is 12.4. The summed E-state index contributed by atoms with van der Waals surface area (Å²) in [6, 6.07) is 9.94. The van der Waals surface area contributed by atoms with Gasteiger partial charge in [-0.25, -0.2) is 14.6 Å². The van der Waals surface area contributed by atoms with Crippen LogP contribution in [0.1, 0.15) is 16.7 Å². The number of aromatic amines is 1. The van der Waals surface area contributed by atoms with Crippen molar-refractivity contribution >= 4 is 16.8 Å². The molecule has 1 aromatic carbocycles. The molecule has 1 amide bonds. The summed E-state index contributed by atoms with van der Waals surface area (Å²) in [6.07, 6.45) is 6.95. The molecule has 0 atom stereocenters. The van der Waals surface area contributed by atoms with Crippen molar-refractivity contribution in [3.8, 4) is 5.82 Å². The molecular formula is C19H18N6O. The third-order valence-corrected chi connectivity index (χ3v) is 4.25. The van der Waals surface area contributed by atoms with Gasteiger partial charge in [0.1, 0.15) is 12.7 Å². The molecule has 3 aromatic heterocycles. The maximum Gasteiger partial charge on any atom is 0.224 e. The van der Waals surface area contributed by atoms with E-state index in [0.717, 1.165) is 22.0 Å². The summed E-state index contributed by atoms with van der Waals surface area (Å²) < 4.78 is 1.59. The molecule has 26 heavy (non-hydrogen) atoms. The van der Waals surface area contributed by atoms with Gasteiger partial charge in [0.2, 0.25) is 5.91 Å². The van der Waals surface area contributed by atoms with E-state index in [2.05, 4.69) is 37.5 Å². The van der Waals surface area contributed by atoms with Crippen LogP contribution in [0, 0.1) is 6.92 Å². The van der Waals surface area contributed by atoms with E-state index in [9.17, 15) is 4.79 Å². The number of aromatic nitrogens is 5. The second-order valence-electron chi connectivity index (χ2n) is 6.14. The van der Waals surface area contributed by atoms with Gasteiger partial charge in [0.05, 0.1) is 6.42 Å². The van der Waals surface area contributed by atoms with Crippen molar-refractivity contribution in [3.63, 3.8) is 0 Å². The quantitative estimate of drug-likeness (QED) is 0.580. The van der Waals surface area contributed by atoms with Gasteiger partial charge < -0.3 is 10.3 Å². The Kier molecular flexibility index (Phi) is 4.18. The van der Waals surface area contributed by atoms with Crippen LogP contribution in [0.5, 0.6) is 0 Å². The van der Waals surface area contributed by atoms with Gasteiger partial charge in [-0.05, 0) is 30.2 Å². The monoisotopic (exact) mass is 346 g/mol. The molecule has 0 aliphatic heterocycles. The number of nitrogens with zero attached hydrogens (tertiary/aromatic N) is 4. The van der Waals surface area contributed by atoms with E-state index in [0.29, 0.717) is 18.8 Å². The summed E-state index contributed by atoms with van der Waals surface area (Å²) in [5, 5.41) is 8.14. The zero-order valence-electron chi connectivity index (χ0n) is 14.3. The van der Waals surface area contributed by atoms with Gasteiger partial charge in [0.25, 0.3) is 0 Å².